The second-order valence-electron chi connectivity index (χ2n) is 7.91. The first-order valence-corrected chi connectivity index (χ1v) is 11.0. The molecule has 2 N–H and O–H groups in total. The first-order chi connectivity index (χ1) is 13.8. The third-order valence-corrected chi connectivity index (χ3v) is 7.56. The zero-order chi connectivity index (χ0) is 20.4. The van der Waals surface area contributed by atoms with Gasteiger partial charge in [0.15, 0.2) is 11.3 Å². The largest absolute Gasteiger partial charge is 0.345 e. The summed E-state index contributed by atoms with van der Waals surface area (Å²) in [5.74, 6) is -1.96. The van der Waals surface area contributed by atoms with Crippen LogP contribution in [0, 0.1) is 5.92 Å². The van der Waals surface area contributed by atoms with Crippen LogP contribution in [0.15, 0.2) is 18.5 Å². The molecule has 9 nitrogen and oxygen atoms in total. The lowest BCUT2D eigenvalue weighted by Gasteiger charge is -2.37. The van der Waals surface area contributed by atoms with E-state index in [1.807, 2.05) is 10.5 Å². The maximum absolute atomic E-state index is 13.1. The molecule has 12 heteroatoms. The smallest absolute Gasteiger partial charge is 0.280 e. The maximum Gasteiger partial charge on any atom is 0.280 e. The number of rotatable bonds is 5. The Hall–Kier alpha value is -2.18. The lowest BCUT2D eigenvalue weighted by Crippen LogP contribution is -2.61. The Labute approximate surface area is 165 Å². The van der Waals surface area contributed by atoms with Gasteiger partial charge in [-0.05, 0) is 24.8 Å². The highest BCUT2D eigenvalue weighted by Gasteiger charge is 2.50. The fourth-order valence-electron chi connectivity index (χ4n) is 4.55. The lowest BCUT2D eigenvalue weighted by atomic mass is 9.93. The molecule has 4 heterocycles. The molecule has 1 saturated heterocycles. The van der Waals surface area contributed by atoms with Crippen LogP contribution in [0.1, 0.15) is 37.9 Å². The quantitative estimate of drug-likeness (QED) is 0.646. The molecule has 29 heavy (non-hydrogen) atoms. The summed E-state index contributed by atoms with van der Waals surface area (Å²) in [6.07, 6.45) is 5.46. The molecule has 3 aromatic heterocycles. The van der Waals surface area contributed by atoms with Crippen molar-refractivity contribution in [1.82, 2.24) is 33.6 Å². The zero-order valence-electron chi connectivity index (χ0n) is 15.7. The fraction of sp³-hybridized carbons (Fsp3) is 0.588. The second kappa shape index (κ2) is 6.41. The van der Waals surface area contributed by atoms with Crippen molar-refractivity contribution in [1.29, 1.82) is 0 Å². The summed E-state index contributed by atoms with van der Waals surface area (Å²) in [7, 11) is -3.92. The van der Waals surface area contributed by atoms with Crippen LogP contribution in [-0.4, -0.2) is 62.3 Å². The topological polar surface area (TPSA) is 108 Å². The number of aromatic amines is 1. The highest BCUT2D eigenvalue weighted by Crippen LogP contribution is 2.42. The summed E-state index contributed by atoms with van der Waals surface area (Å²) >= 11 is 0. The van der Waals surface area contributed by atoms with Gasteiger partial charge in [0.25, 0.3) is 16.1 Å². The molecule has 0 aromatic carbocycles. The molecule has 5 rings (SSSR count). The average molecular weight is 425 g/mol. The minimum Gasteiger partial charge on any atom is -0.345 e. The molecule has 0 spiro atoms. The van der Waals surface area contributed by atoms with E-state index in [-0.39, 0.29) is 17.9 Å². The van der Waals surface area contributed by atoms with E-state index in [1.54, 1.807) is 12.4 Å². The van der Waals surface area contributed by atoms with E-state index >= 15 is 0 Å². The molecular formula is C17H21F2N7O2S. The molecular weight excluding hydrogens is 404 g/mol. The van der Waals surface area contributed by atoms with Gasteiger partial charge in [0.05, 0.1) is 24.8 Å². The molecule has 2 aliphatic rings. The summed E-state index contributed by atoms with van der Waals surface area (Å²) in [5.41, 5.74) is 2.22. The Bertz CT molecular complexity index is 1170. The predicted octanol–water partition coefficient (Wildman–Crippen LogP) is 1.66. The van der Waals surface area contributed by atoms with Crippen molar-refractivity contribution in [3.8, 4) is 0 Å². The van der Waals surface area contributed by atoms with E-state index < -0.39 is 29.2 Å². The van der Waals surface area contributed by atoms with Crippen molar-refractivity contribution in [2.45, 2.75) is 44.1 Å². The molecule has 3 aromatic rings. The molecule has 156 valence electrons. The molecule has 0 radical (unpaired) electrons. The van der Waals surface area contributed by atoms with Gasteiger partial charge >= 0.3 is 0 Å². The van der Waals surface area contributed by atoms with Crippen molar-refractivity contribution in [3.63, 3.8) is 0 Å². The van der Waals surface area contributed by atoms with Crippen LogP contribution in [0.4, 0.5) is 8.78 Å². The van der Waals surface area contributed by atoms with Crippen LogP contribution in [0.3, 0.4) is 0 Å². The standard InChI is InChI=1S/C17H21F2N7O2S/c1-2-10-5-11(24-29(27,28)25-8-17(18,19)9-25)6-12(10)16-23-22-14-7-21-15-13(26(14)16)3-4-20-15/h3-4,7,10-12,20,24H,2,5-6,8-9H2,1H3/t10-,11?,12?/m1/s1. The first kappa shape index (κ1) is 18.8. The monoisotopic (exact) mass is 425 g/mol. The lowest BCUT2D eigenvalue weighted by molar-refractivity contribution is -0.0950. The van der Waals surface area contributed by atoms with Gasteiger partial charge in [-0.15, -0.1) is 10.2 Å². The van der Waals surface area contributed by atoms with Crippen LogP contribution < -0.4 is 4.72 Å². The summed E-state index contributed by atoms with van der Waals surface area (Å²) < 4.78 is 56.4. The highest BCUT2D eigenvalue weighted by molar-refractivity contribution is 7.87. The van der Waals surface area contributed by atoms with Crippen LogP contribution in [0.2, 0.25) is 0 Å². The van der Waals surface area contributed by atoms with Gasteiger partial charge < -0.3 is 4.98 Å². The Kier molecular flexibility index (Phi) is 4.16. The maximum atomic E-state index is 13.1. The summed E-state index contributed by atoms with van der Waals surface area (Å²) in [4.78, 5) is 7.39. The third kappa shape index (κ3) is 3.09. The summed E-state index contributed by atoms with van der Waals surface area (Å²) in [6.45, 7) is 0.535. The Morgan fingerprint density at radius 2 is 2.10 bits per heavy atom. The summed E-state index contributed by atoms with van der Waals surface area (Å²) in [6, 6.07) is 1.57. The summed E-state index contributed by atoms with van der Waals surface area (Å²) in [5, 5.41) is 8.62. The van der Waals surface area contributed by atoms with Gasteiger partial charge in [-0.3, -0.25) is 4.40 Å². The van der Waals surface area contributed by atoms with Crippen molar-refractivity contribution >= 4 is 27.0 Å². The van der Waals surface area contributed by atoms with Crippen LogP contribution in [0.25, 0.3) is 16.8 Å². The number of halogens is 2. The Morgan fingerprint density at radius 3 is 2.83 bits per heavy atom. The van der Waals surface area contributed by atoms with E-state index in [9.17, 15) is 17.2 Å². The number of alkyl halides is 2. The Balaban J connectivity index is 1.42. The predicted molar refractivity (Wildman–Crippen MR) is 101 cm³/mol. The second-order valence-corrected chi connectivity index (χ2v) is 9.61. The normalized spacial score (nSPS) is 27.6. The van der Waals surface area contributed by atoms with Gasteiger partial charge in [0.1, 0.15) is 5.82 Å². The number of H-pyrrole nitrogens is 1. The van der Waals surface area contributed by atoms with Crippen LogP contribution in [-0.2, 0) is 10.2 Å². The SMILES string of the molecule is CC[C@@H]1CC(NS(=O)(=O)N2CC(F)(F)C2)CC1c1nnc2cnc3[nH]ccc3n12. The van der Waals surface area contributed by atoms with Crippen molar-refractivity contribution in [2.24, 2.45) is 5.92 Å². The fourth-order valence-corrected chi connectivity index (χ4v) is 6.03. The number of aromatic nitrogens is 5. The van der Waals surface area contributed by atoms with Gasteiger partial charge in [-0.1, -0.05) is 13.3 Å². The zero-order valence-corrected chi connectivity index (χ0v) is 16.5. The molecule has 1 aliphatic heterocycles. The van der Waals surface area contributed by atoms with Crippen molar-refractivity contribution < 1.29 is 17.2 Å². The molecule has 3 atom stereocenters. The minimum absolute atomic E-state index is 0.000955. The van der Waals surface area contributed by atoms with Gasteiger partial charge in [-0.2, -0.15) is 17.4 Å². The molecule has 2 unspecified atom stereocenters. The van der Waals surface area contributed by atoms with E-state index in [2.05, 4.69) is 31.8 Å². The molecule has 2 fully saturated rings. The first-order valence-electron chi connectivity index (χ1n) is 9.60. The average Bonchev–Trinajstić information content (AvgIpc) is 3.35. The molecule has 1 aliphatic carbocycles. The van der Waals surface area contributed by atoms with Gasteiger partial charge in [0.2, 0.25) is 0 Å². The minimum atomic E-state index is -3.92. The number of fused-ring (bicyclic) bond motifs is 3. The Morgan fingerprint density at radius 1 is 1.31 bits per heavy atom. The highest BCUT2D eigenvalue weighted by atomic mass is 32.2. The van der Waals surface area contributed by atoms with Crippen LogP contribution >= 0.6 is 0 Å². The van der Waals surface area contributed by atoms with Gasteiger partial charge in [-0.25, -0.2) is 13.8 Å². The van der Waals surface area contributed by atoms with Gasteiger partial charge in [0, 0.05) is 18.2 Å². The molecule has 1 saturated carbocycles. The number of hydrogen-bond donors (Lipinski definition) is 2. The van der Waals surface area contributed by atoms with Crippen LogP contribution in [0.5, 0.6) is 0 Å². The third-order valence-electron chi connectivity index (χ3n) is 5.99. The van der Waals surface area contributed by atoms with E-state index in [0.29, 0.717) is 18.5 Å². The molecule has 0 amide bonds. The number of hydrogen-bond acceptors (Lipinski definition) is 5. The van der Waals surface area contributed by atoms with E-state index in [0.717, 1.165) is 27.7 Å². The van der Waals surface area contributed by atoms with E-state index in [1.165, 1.54) is 0 Å². The molecule has 0 bridgehead atoms. The van der Waals surface area contributed by atoms with E-state index in [4.69, 9.17) is 0 Å². The van der Waals surface area contributed by atoms with Crippen molar-refractivity contribution in [3.05, 3.63) is 24.3 Å². The van der Waals surface area contributed by atoms with Crippen molar-refractivity contribution in [2.75, 3.05) is 13.1 Å². The number of nitrogens with one attached hydrogen (secondary N) is 2. The number of nitrogens with zero attached hydrogens (tertiary/aromatic N) is 5.